The number of nitrogens with zero attached hydrogens (tertiary/aromatic N) is 1. The average molecular weight is 216 g/mol. The van der Waals surface area contributed by atoms with E-state index in [1.165, 1.54) is 6.07 Å². The molecule has 0 unspecified atom stereocenters. The number of nitriles is 1. The molecular weight excluding hydrogens is 210 g/mol. The highest BCUT2D eigenvalue weighted by molar-refractivity contribution is 8.13. The molecule has 0 atom stereocenters. The molecule has 0 heterocycles. The molecule has 0 radical (unpaired) electrons. The Labute approximate surface area is 81.0 Å². The zero-order valence-corrected chi connectivity index (χ0v) is 8.35. The maximum atomic E-state index is 11.0. The van der Waals surface area contributed by atoms with Crippen LogP contribution in [0.5, 0.6) is 0 Å². The second-order valence-electron chi connectivity index (χ2n) is 2.53. The predicted octanol–water partition coefficient (Wildman–Crippen LogP) is 1.79. The fourth-order valence-electron chi connectivity index (χ4n) is 0.932. The van der Waals surface area contributed by atoms with Crippen LogP contribution >= 0.6 is 10.7 Å². The lowest BCUT2D eigenvalue weighted by molar-refractivity contribution is 0.609. The van der Waals surface area contributed by atoms with E-state index in [1.54, 1.807) is 19.1 Å². The van der Waals surface area contributed by atoms with Gasteiger partial charge in [-0.15, -0.1) is 0 Å². The summed E-state index contributed by atoms with van der Waals surface area (Å²) in [5, 5.41) is 8.53. The third-order valence-corrected chi connectivity index (χ3v) is 3.04. The van der Waals surface area contributed by atoms with E-state index in [1.807, 2.05) is 6.07 Å². The van der Waals surface area contributed by atoms with E-state index >= 15 is 0 Å². The van der Waals surface area contributed by atoms with E-state index in [0.717, 1.165) is 0 Å². The molecule has 0 aromatic heterocycles. The molecule has 0 bridgehead atoms. The lowest BCUT2D eigenvalue weighted by Crippen LogP contribution is -1.94. The lowest BCUT2D eigenvalue weighted by atomic mass is 10.2. The molecule has 0 fully saturated rings. The Morgan fingerprint density at radius 2 is 2.08 bits per heavy atom. The van der Waals surface area contributed by atoms with Crippen LogP contribution < -0.4 is 0 Å². The van der Waals surface area contributed by atoms with Gasteiger partial charge in [0, 0.05) is 10.7 Å². The molecule has 0 aliphatic rings. The highest BCUT2D eigenvalue weighted by atomic mass is 35.7. The fourth-order valence-corrected chi connectivity index (χ4v) is 2.15. The van der Waals surface area contributed by atoms with Crippen LogP contribution in [-0.4, -0.2) is 8.42 Å². The van der Waals surface area contributed by atoms with Gasteiger partial charge in [0.1, 0.15) is 0 Å². The molecule has 0 aliphatic heterocycles. The smallest absolute Gasteiger partial charge is 0.207 e. The first-order valence-corrected chi connectivity index (χ1v) is 5.71. The topological polar surface area (TPSA) is 57.9 Å². The van der Waals surface area contributed by atoms with Crippen LogP contribution in [0.1, 0.15) is 11.1 Å². The average Bonchev–Trinajstić information content (AvgIpc) is 2.03. The van der Waals surface area contributed by atoms with Crippen molar-refractivity contribution in [1.82, 2.24) is 0 Å². The Morgan fingerprint density at radius 3 is 2.54 bits per heavy atom. The second kappa shape index (κ2) is 3.36. The highest BCUT2D eigenvalue weighted by Crippen LogP contribution is 2.20. The van der Waals surface area contributed by atoms with Crippen molar-refractivity contribution >= 4 is 19.7 Å². The van der Waals surface area contributed by atoms with Crippen molar-refractivity contribution in [2.24, 2.45) is 0 Å². The van der Waals surface area contributed by atoms with Gasteiger partial charge in [-0.3, -0.25) is 0 Å². The summed E-state index contributed by atoms with van der Waals surface area (Å²) >= 11 is 0. The van der Waals surface area contributed by atoms with Crippen molar-refractivity contribution in [1.29, 1.82) is 5.26 Å². The normalized spacial score (nSPS) is 10.8. The minimum atomic E-state index is -3.74. The third kappa shape index (κ3) is 2.20. The maximum absolute atomic E-state index is 11.0. The lowest BCUT2D eigenvalue weighted by Gasteiger charge is -2.00. The standard InChI is InChI=1S/C8H6ClNO2S/c1-6-2-3-7(5-10)4-8(6)13(9,11)12/h2-4H,1H3. The van der Waals surface area contributed by atoms with E-state index < -0.39 is 9.05 Å². The molecular formula is C8H6ClNO2S. The zero-order chi connectivity index (χ0) is 10.1. The highest BCUT2D eigenvalue weighted by Gasteiger charge is 2.13. The van der Waals surface area contributed by atoms with E-state index in [-0.39, 0.29) is 10.5 Å². The molecule has 1 aromatic carbocycles. The van der Waals surface area contributed by atoms with Crippen LogP contribution in [0.3, 0.4) is 0 Å². The number of rotatable bonds is 1. The molecule has 0 aliphatic carbocycles. The summed E-state index contributed by atoms with van der Waals surface area (Å²) in [5.74, 6) is 0. The first-order chi connectivity index (χ1) is 5.95. The summed E-state index contributed by atoms with van der Waals surface area (Å²) in [6.07, 6.45) is 0. The number of hydrogen-bond acceptors (Lipinski definition) is 3. The molecule has 0 amide bonds. The Balaban J connectivity index is 3.47. The second-order valence-corrected chi connectivity index (χ2v) is 5.06. The molecule has 0 saturated carbocycles. The number of benzene rings is 1. The Hall–Kier alpha value is -1.05. The molecule has 0 N–H and O–H groups in total. The van der Waals surface area contributed by atoms with Crippen molar-refractivity contribution in [3.05, 3.63) is 29.3 Å². The van der Waals surface area contributed by atoms with Crippen molar-refractivity contribution in [3.8, 4) is 6.07 Å². The summed E-state index contributed by atoms with van der Waals surface area (Å²) < 4.78 is 22.0. The number of halogens is 1. The largest absolute Gasteiger partial charge is 0.261 e. The van der Waals surface area contributed by atoms with Gasteiger partial charge in [-0.1, -0.05) is 6.07 Å². The minimum Gasteiger partial charge on any atom is -0.207 e. The van der Waals surface area contributed by atoms with Crippen LogP contribution in [0.4, 0.5) is 0 Å². The Morgan fingerprint density at radius 1 is 1.46 bits per heavy atom. The van der Waals surface area contributed by atoms with Gasteiger partial charge >= 0.3 is 0 Å². The number of aryl methyl sites for hydroxylation is 1. The summed E-state index contributed by atoms with van der Waals surface area (Å²) in [4.78, 5) is -0.00628. The van der Waals surface area contributed by atoms with E-state index in [2.05, 4.69) is 0 Å². The molecule has 5 heteroatoms. The predicted molar refractivity (Wildman–Crippen MR) is 48.9 cm³/mol. The molecule has 0 spiro atoms. The van der Waals surface area contributed by atoms with Gasteiger partial charge in [0.2, 0.25) is 0 Å². The van der Waals surface area contributed by atoms with E-state index in [4.69, 9.17) is 15.9 Å². The molecule has 68 valence electrons. The van der Waals surface area contributed by atoms with E-state index in [0.29, 0.717) is 5.56 Å². The summed E-state index contributed by atoms with van der Waals surface area (Å²) in [7, 11) is 1.41. The third-order valence-electron chi connectivity index (χ3n) is 1.58. The van der Waals surface area contributed by atoms with Gasteiger partial charge in [0.15, 0.2) is 0 Å². The van der Waals surface area contributed by atoms with Crippen LogP contribution in [0.15, 0.2) is 23.1 Å². The molecule has 1 rings (SSSR count). The minimum absolute atomic E-state index is 0.00628. The van der Waals surface area contributed by atoms with Crippen molar-refractivity contribution in [2.75, 3.05) is 0 Å². The van der Waals surface area contributed by atoms with Crippen molar-refractivity contribution in [2.45, 2.75) is 11.8 Å². The summed E-state index contributed by atoms with van der Waals surface area (Å²) in [6, 6.07) is 6.20. The van der Waals surface area contributed by atoms with Gasteiger partial charge in [-0.25, -0.2) is 8.42 Å². The number of hydrogen-bond donors (Lipinski definition) is 0. The van der Waals surface area contributed by atoms with Crippen molar-refractivity contribution < 1.29 is 8.42 Å². The van der Waals surface area contributed by atoms with E-state index in [9.17, 15) is 8.42 Å². The SMILES string of the molecule is Cc1ccc(C#N)cc1S(=O)(=O)Cl. The van der Waals surface area contributed by atoms with Crippen molar-refractivity contribution in [3.63, 3.8) is 0 Å². The first kappa shape index (κ1) is 10.0. The fraction of sp³-hybridized carbons (Fsp3) is 0.125. The van der Waals surface area contributed by atoms with Crippen LogP contribution in [-0.2, 0) is 9.05 Å². The molecule has 3 nitrogen and oxygen atoms in total. The zero-order valence-electron chi connectivity index (χ0n) is 6.78. The Bertz CT molecular complexity index is 473. The molecule has 0 saturated heterocycles. The monoisotopic (exact) mass is 215 g/mol. The van der Waals surface area contributed by atoms with Gasteiger partial charge in [-0.05, 0) is 24.6 Å². The summed E-state index contributed by atoms with van der Waals surface area (Å²) in [5.41, 5.74) is 0.818. The van der Waals surface area contributed by atoms with Crippen LogP contribution in [0, 0.1) is 18.3 Å². The quantitative estimate of drug-likeness (QED) is 0.672. The van der Waals surface area contributed by atoms with Crippen LogP contribution in [0.25, 0.3) is 0 Å². The summed E-state index contributed by atoms with van der Waals surface area (Å²) in [6.45, 7) is 1.62. The molecule has 1 aromatic rings. The Kier molecular flexibility index (Phi) is 2.60. The maximum Gasteiger partial charge on any atom is 0.261 e. The van der Waals surface area contributed by atoms with Crippen LogP contribution in [0.2, 0.25) is 0 Å². The van der Waals surface area contributed by atoms with Gasteiger partial charge in [0.05, 0.1) is 16.5 Å². The first-order valence-electron chi connectivity index (χ1n) is 3.40. The van der Waals surface area contributed by atoms with Gasteiger partial charge in [-0.2, -0.15) is 5.26 Å². The van der Waals surface area contributed by atoms with Gasteiger partial charge < -0.3 is 0 Å². The van der Waals surface area contributed by atoms with Gasteiger partial charge in [0.25, 0.3) is 9.05 Å². The molecule has 13 heavy (non-hydrogen) atoms.